The number of benzene rings is 1. The summed E-state index contributed by atoms with van der Waals surface area (Å²) in [4.78, 5) is 12.6. The van der Waals surface area contributed by atoms with Crippen LogP contribution in [0.4, 0.5) is 0 Å². The first-order valence-corrected chi connectivity index (χ1v) is 5.71. The summed E-state index contributed by atoms with van der Waals surface area (Å²) in [6, 6.07) is 7.52. The second-order valence-electron chi connectivity index (χ2n) is 3.04. The fraction of sp³-hybridized carbons (Fsp3) is 0.273. The van der Waals surface area contributed by atoms with Gasteiger partial charge in [-0.1, -0.05) is 6.07 Å². The predicted molar refractivity (Wildman–Crippen MR) is 60.9 cm³/mol. The zero-order valence-corrected chi connectivity index (χ0v) is 9.52. The highest BCUT2D eigenvalue weighted by Gasteiger charge is 2.09. The van der Waals surface area contributed by atoms with Crippen LogP contribution in [0.3, 0.4) is 0 Å². The molecule has 0 saturated heterocycles. The van der Waals surface area contributed by atoms with E-state index in [0.717, 1.165) is 10.5 Å². The van der Waals surface area contributed by atoms with Crippen molar-refractivity contribution in [2.75, 3.05) is 12.8 Å². The first-order valence-electron chi connectivity index (χ1n) is 4.49. The van der Waals surface area contributed by atoms with Crippen molar-refractivity contribution in [3.05, 3.63) is 29.3 Å². The van der Waals surface area contributed by atoms with Crippen molar-refractivity contribution in [3.63, 3.8) is 0 Å². The van der Waals surface area contributed by atoms with E-state index in [0.29, 0.717) is 5.56 Å². The molecule has 0 fully saturated rings. The number of hydrogen-bond acceptors (Lipinski definition) is 3. The van der Waals surface area contributed by atoms with Gasteiger partial charge in [0.15, 0.2) is 0 Å². The third-order valence-electron chi connectivity index (χ3n) is 1.93. The maximum atomic E-state index is 11.6. The average Bonchev–Trinajstić information content (AvgIpc) is 2.25. The molecule has 0 radical (unpaired) electrons. The molecule has 1 aromatic rings. The van der Waals surface area contributed by atoms with E-state index in [1.54, 1.807) is 6.07 Å². The number of rotatable bonds is 3. The van der Waals surface area contributed by atoms with Crippen LogP contribution in [-0.4, -0.2) is 18.7 Å². The number of nitrogens with one attached hydrogen (secondary N) is 1. The minimum Gasteiger partial charge on any atom is -0.339 e. The Bertz CT molecular complexity index is 410. The van der Waals surface area contributed by atoms with Gasteiger partial charge in [0.2, 0.25) is 0 Å². The van der Waals surface area contributed by atoms with Crippen LogP contribution >= 0.6 is 11.8 Å². The fourth-order valence-corrected chi connectivity index (χ4v) is 1.89. The van der Waals surface area contributed by atoms with Crippen molar-refractivity contribution in [1.29, 1.82) is 5.26 Å². The lowest BCUT2D eigenvalue weighted by Crippen LogP contribution is -2.24. The molecule has 0 spiro atoms. The number of carbonyl (C=O) groups is 1. The lowest BCUT2D eigenvalue weighted by molar-refractivity contribution is 0.0955. The van der Waals surface area contributed by atoms with E-state index in [-0.39, 0.29) is 12.5 Å². The number of aryl methyl sites for hydroxylation is 1. The Hall–Kier alpha value is -1.47. The molecule has 1 amide bonds. The van der Waals surface area contributed by atoms with Crippen LogP contribution < -0.4 is 5.32 Å². The Labute approximate surface area is 93.5 Å². The first kappa shape index (κ1) is 11.6. The van der Waals surface area contributed by atoms with Crippen LogP contribution in [-0.2, 0) is 0 Å². The number of nitriles is 1. The minimum atomic E-state index is -0.194. The molecule has 78 valence electrons. The lowest BCUT2D eigenvalue weighted by atomic mass is 10.1. The van der Waals surface area contributed by atoms with E-state index >= 15 is 0 Å². The van der Waals surface area contributed by atoms with E-state index in [1.165, 1.54) is 11.8 Å². The first-order chi connectivity index (χ1) is 7.19. The molecule has 1 aromatic carbocycles. The SMILES string of the molecule is CSc1cc(C)ccc1C(=O)NCC#N. The molecular formula is C11H12N2OS. The zero-order chi connectivity index (χ0) is 11.3. The Morgan fingerprint density at radius 2 is 2.33 bits per heavy atom. The van der Waals surface area contributed by atoms with Crippen LogP contribution in [0.15, 0.2) is 23.1 Å². The average molecular weight is 220 g/mol. The molecule has 15 heavy (non-hydrogen) atoms. The summed E-state index contributed by atoms with van der Waals surface area (Å²) in [6.45, 7) is 2.03. The van der Waals surface area contributed by atoms with Crippen molar-refractivity contribution in [1.82, 2.24) is 5.32 Å². The summed E-state index contributed by atoms with van der Waals surface area (Å²) in [5.74, 6) is -0.194. The molecule has 1 N–H and O–H groups in total. The zero-order valence-electron chi connectivity index (χ0n) is 8.70. The Morgan fingerprint density at radius 1 is 1.60 bits per heavy atom. The topological polar surface area (TPSA) is 52.9 Å². The van der Waals surface area contributed by atoms with Crippen molar-refractivity contribution >= 4 is 17.7 Å². The molecule has 0 aliphatic carbocycles. The largest absolute Gasteiger partial charge is 0.339 e. The lowest BCUT2D eigenvalue weighted by Gasteiger charge is -2.07. The highest BCUT2D eigenvalue weighted by atomic mass is 32.2. The van der Waals surface area contributed by atoms with Crippen LogP contribution in [0.25, 0.3) is 0 Å². The minimum absolute atomic E-state index is 0.0422. The molecule has 0 atom stereocenters. The van der Waals surface area contributed by atoms with E-state index < -0.39 is 0 Å². The molecule has 0 aromatic heterocycles. The Morgan fingerprint density at radius 3 is 2.93 bits per heavy atom. The Balaban J connectivity index is 2.93. The van der Waals surface area contributed by atoms with Gasteiger partial charge in [0.1, 0.15) is 6.54 Å². The van der Waals surface area contributed by atoms with Gasteiger partial charge in [-0.3, -0.25) is 4.79 Å². The van der Waals surface area contributed by atoms with Gasteiger partial charge in [-0.05, 0) is 30.9 Å². The molecule has 0 unspecified atom stereocenters. The number of thioether (sulfide) groups is 1. The summed E-state index contributed by atoms with van der Waals surface area (Å²) < 4.78 is 0. The van der Waals surface area contributed by atoms with Crippen molar-refractivity contribution in [2.45, 2.75) is 11.8 Å². The summed E-state index contributed by atoms with van der Waals surface area (Å²) in [5.41, 5.74) is 1.75. The van der Waals surface area contributed by atoms with Crippen molar-refractivity contribution in [2.24, 2.45) is 0 Å². The molecule has 0 aliphatic rings. The van der Waals surface area contributed by atoms with Crippen LogP contribution in [0.1, 0.15) is 15.9 Å². The van der Waals surface area contributed by atoms with Gasteiger partial charge in [-0.2, -0.15) is 5.26 Å². The smallest absolute Gasteiger partial charge is 0.253 e. The molecular weight excluding hydrogens is 208 g/mol. The fourth-order valence-electron chi connectivity index (χ4n) is 1.20. The third kappa shape index (κ3) is 3.00. The standard InChI is InChI=1S/C11H12N2OS/c1-8-3-4-9(10(7-8)15-2)11(14)13-6-5-12/h3-4,7H,6H2,1-2H3,(H,13,14). The highest BCUT2D eigenvalue weighted by molar-refractivity contribution is 7.98. The summed E-state index contributed by atoms with van der Waals surface area (Å²) in [7, 11) is 0. The maximum Gasteiger partial charge on any atom is 0.253 e. The molecule has 0 saturated carbocycles. The third-order valence-corrected chi connectivity index (χ3v) is 2.71. The highest BCUT2D eigenvalue weighted by Crippen LogP contribution is 2.21. The quantitative estimate of drug-likeness (QED) is 0.626. The monoisotopic (exact) mass is 220 g/mol. The van der Waals surface area contributed by atoms with Gasteiger partial charge < -0.3 is 5.32 Å². The van der Waals surface area contributed by atoms with Gasteiger partial charge in [-0.25, -0.2) is 0 Å². The van der Waals surface area contributed by atoms with Gasteiger partial charge in [0.25, 0.3) is 5.91 Å². The molecule has 4 heteroatoms. The van der Waals surface area contributed by atoms with Gasteiger partial charge >= 0.3 is 0 Å². The number of carbonyl (C=O) groups excluding carboxylic acids is 1. The number of hydrogen-bond donors (Lipinski definition) is 1. The molecule has 3 nitrogen and oxygen atoms in total. The number of amides is 1. The second-order valence-corrected chi connectivity index (χ2v) is 3.89. The van der Waals surface area contributed by atoms with E-state index in [9.17, 15) is 4.79 Å². The summed E-state index contributed by atoms with van der Waals surface area (Å²) in [5, 5.41) is 10.9. The molecule has 0 aliphatic heterocycles. The molecule has 0 heterocycles. The van der Waals surface area contributed by atoms with Crippen molar-refractivity contribution in [3.8, 4) is 6.07 Å². The van der Waals surface area contributed by atoms with E-state index in [4.69, 9.17) is 5.26 Å². The normalized spacial score (nSPS) is 9.40. The van der Waals surface area contributed by atoms with E-state index in [2.05, 4.69) is 5.32 Å². The van der Waals surface area contributed by atoms with Gasteiger partial charge in [-0.15, -0.1) is 11.8 Å². The summed E-state index contributed by atoms with van der Waals surface area (Å²) in [6.07, 6.45) is 1.93. The van der Waals surface area contributed by atoms with Crippen LogP contribution in [0, 0.1) is 18.3 Å². The van der Waals surface area contributed by atoms with Crippen molar-refractivity contribution < 1.29 is 4.79 Å². The number of nitrogens with zero attached hydrogens (tertiary/aromatic N) is 1. The van der Waals surface area contributed by atoms with Gasteiger partial charge in [0.05, 0.1) is 11.6 Å². The van der Waals surface area contributed by atoms with E-state index in [1.807, 2.05) is 31.4 Å². The maximum absolute atomic E-state index is 11.6. The predicted octanol–water partition coefficient (Wildman–Crippen LogP) is 1.97. The Kier molecular flexibility index (Phi) is 4.19. The van der Waals surface area contributed by atoms with Crippen LogP contribution in [0.2, 0.25) is 0 Å². The van der Waals surface area contributed by atoms with Gasteiger partial charge in [0, 0.05) is 4.90 Å². The summed E-state index contributed by atoms with van der Waals surface area (Å²) >= 11 is 1.53. The second kappa shape index (κ2) is 5.42. The van der Waals surface area contributed by atoms with Crippen LogP contribution in [0.5, 0.6) is 0 Å². The molecule has 1 rings (SSSR count). The molecule has 0 bridgehead atoms.